The van der Waals surface area contributed by atoms with E-state index in [1.165, 1.54) is 31.4 Å². The summed E-state index contributed by atoms with van der Waals surface area (Å²) in [5.41, 5.74) is 1.27. The van der Waals surface area contributed by atoms with E-state index in [-0.39, 0.29) is 26.2 Å². The van der Waals surface area contributed by atoms with Gasteiger partial charge >= 0.3 is 0 Å². The van der Waals surface area contributed by atoms with Crippen LogP contribution in [0.1, 0.15) is 32.6 Å². The van der Waals surface area contributed by atoms with Gasteiger partial charge in [-0.15, -0.1) is 11.8 Å². The molecule has 1 saturated carbocycles. The summed E-state index contributed by atoms with van der Waals surface area (Å²) >= 11 is 0. The van der Waals surface area contributed by atoms with Crippen molar-refractivity contribution in [2.45, 2.75) is 38.6 Å². The Hall–Kier alpha value is -1.52. The average molecular weight is 672 g/mol. The number of rotatable bonds is 2. The first-order chi connectivity index (χ1) is 7.68. The van der Waals surface area contributed by atoms with Crippen LogP contribution in [0, 0.1) is 12.3 Å². The Morgan fingerprint density at radius 1 is 1.39 bits per heavy atom. The Balaban J connectivity index is 0.00000144. The maximum Gasteiger partial charge on any atom is 0.151 e. The predicted octanol–water partition coefficient (Wildman–Crippen LogP) is 2.72. The Morgan fingerprint density at radius 3 is 2.67 bits per heavy atom. The maximum atomic E-state index is 10.8. The van der Waals surface area contributed by atoms with E-state index in [1.807, 2.05) is 6.08 Å². The zero-order valence-electron chi connectivity index (χ0n) is 11.2. The number of hydrogen-bond donors (Lipinski definition) is 0. The zero-order chi connectivity index (χ0) is 11.5. The van der Waals surface area contributed by atoms with Gasteiger partial charge in [-0.3, -0.25) is 4.79 Å². The van der Waals surface area contributed by atoms with Crippen LogP contribution in [0.5, 0.6) is 0 Å². The van der Waals surface area contributed by atoms with Gasteiger partial charge in [0.15, 0.2) is 5.78 Å². The summed E-state index contributed by atoms with van der Waals surface area (Å²) in [4.78, 5) is 13.2. The SMILES string of the molecule is CC(=O)/C=C/C=C1/[CH-]C2CCCCC2N1C.[Re].[Rf]. The van der Waals surface area contributed by atoms with E-state index >= 15 is 0 Å². The molecule has 0 N–H and O–H groups in total. The molecular formula is C14H20NOReRf-. The molecule has 0 bridgehead atoms. The van der Waals surface area contributed by atoms with Crippen molar-refractivity contribution < 1.29 is 25.2 Å². The summed E-state index contributed by atoms with van der Waals surface area (Å²) in [6, 6.07) is 0.700. The third kappa shape index (κ3) is 3.49. The molecule has 2 atom stereocenters. The van der Waals surface area contributed by atoms with E-state index in [9.17, 15) is 4.79 Å². The number of allylic oxidation sites excluding steroid dienone is 4. The van der Waals surface area contributed by atoms with Gasteiger partial charge in [0.25, 0.3) is 0 Å². The van der Waals surface area contributed by atoms with Gasteiger partial charge in [-0.1, -0.05) is 25.2 Å². The van der Waals surface area contributed by atoms with Gasteiger partial charge in [0.2, 0.25) is 0 Å². The third-order valence-electron chi connectivity index (χ3n) is 3.67. The molecule has 97 valence electrons. The van der Waals surface area contributed by atoms with Crippen molar-refractivity contribution in [2.75, 3.05) is 7.05 Å². The van der Waals surface area contributed by atoms with Crippen LogP contribution >= 0.6 is 0 Å². The minimum Gasteiger partial charge on any atom is -0.405 e. The Labute approximate surface area is 118 Å². The standard InChI is InChI=1S/C14H20NO.Re.Rf/c1-11(16)6-5-8-13-10-12-7-3-4-9-14(12)15(13)2;;/h5-6,8,10,12,14H,3-4,7,9H2,1-2H3;;/q-1;;/b6-5+,13-8-;;. The molecule has 4 heteroatoms. The summed E-state index contributed by atoms with van der Waals surface area (Å²) < 4.78 is 0. The fourth-order valence-corrected chi connectivity index (χ4v) is 2.80. The number of carbonyl (C=O) groups excluding carboxylic acids is 1. The second-order valence-electron chi connectivity index (χ2n) is 4.85. The minimum absolute atomic E-state index is 0. The molecule has 2 nitrogen and oxygen atoms in total. The molecule has 1 heterocycles. The van der Waals surface area contributed by atoms with Crippen LogP contribution in [0.3, 0.4) is 0 Å². The molecule has 18 heavy (non-hydrogen) atoms. The summed E-state index contributed by atoms with van der Waals surface area (Å²) in [5.74, 6) is 0.839. The molecule has 0 aromatic heterocycles. The normalized spacial score (nSPS) is 28.3. The van der Waals surface area contributed by atoms with Gasteiger partial charge in [0.05, 0.1) is 0 Å². The number of carbonyl (C=O) groups is 1. The number of fused-ring (bicyclic) bond motifs is 1. The predicted molar refractivity (Wildman–Crippen MR) is 65.7 cm³/mol. The minimum atomic E-state index is 0. The Bertz CT molecular complexity index is 341. The topological polar surface area (TPSA) is 20.3 Å². The van der Waals surface area contributed by atoms with Crippen molar-refractivity contribution >= 4 is 5.78 Å². The van der Waals surface area contributed by atoms with E-state index in [2.05, 4.69) is 24.4 Å². The smallest absolute Gasteiger partial charge is 0.151 e. The van der Waals surface area contributed by atoms with Crippen LogP contribution in [-0.4, -0.2) is 23.8 Å². The van der Waals surface area contributed by atoms with E-state index in [0.717, 1.165) is 5.92 Å². The Morgan fingerprint density at radius 2 is 2.06 bits per heavy atom. The van der Waals surface area contributed by atoms with Crippen LogP contribution in [-0.2, 0) is 25.2 Å². The van der Waals surface area contributed by atoms with Crippen molar-refractivity contribution in [3.8, 4) is 0 Å². The first kappa shape index (κ1) is 16.5. The maximum absolute atomic E-state index is 10.8. The van der Waals surface area contributed by atoms with E-state index < -0.39 is 0 Å². The molecule has 1 aliphatic heterocycles. The van der Waals surface area contributed by atoms with Crippen LogP contribution in [0.25, 0.3) is 0 Å². The molecule has 0 spiro atoms. The fourth-order valence-electron chi connectivity index (χ4n) is 2.80. The van der Waals surface area contributed by atoms with Gasteiger partial charge in [0.1, 0.15) is 0 Å². The van der Waals surface area contributed by atoms with Gasteiger partial charge in [-0.25, -0.2) is 6.42 Å². The molecule has 1 aliphatic carbocycles. The van der Waals surface area contributed by atoms with Crippen LogP contribution in [0.2, 0.25) is 0 Å². The summed E-state index contributed by atoms with van der Waals surface area (Å²) in [7, 11) is 2.17. The fraction of sp³-hybridized carbons (Fsp3) is 0.571. The second kappa shape index (κ2) is 7.04. The van der Waals surface area contributed by atoms with Gasteiger partial charge < -0.3 is 4.90 Å². The molecule has 0 aromatic carbocycles. The van der Waals surface area contributed by atoms with E-state index in [1.54, 1.807) is 13.0 Å². The van der Waals surface area contributed by atoms with Crippen LogP contribution in [0.4, 0.5) is 0 Å². The van der Waals surface area contributed by atoms with Gasteiger partial charge in [-0.05, 0) is 19.4 Å². The second-order valence-corrected chi connectivity index (χ2v) is 4.85. The number of likely N-dealkylation sites (tertiary alicyclic amines) is 1. The van der Waals surface area contributed by atoms with Gasteiger partial charge in [0, 0.05) is 33.5 Å². The summed E-state index contributed by atoms with van der Waals surface area (Å²) in [6.07, 6.45) is 13.3. The molecule has 0 amide bonds. The number of nitrogens with zero attached hydrogens (tertiary/aromatic N) is 1. The molecule has 2 rings (SSSR count). The molecule has 2 aliphatic rings. The van der Waals surface area contributed by atoms with Crippen LogP contribution < -0.4 is 0 Å². The Kier molecular flexibility index (Phi) is 6.44. The number of ketones is 1. The molecule has 1 radical (unpaired) electrons. The van der Waals surface area contributed by atoms with Gasteiger partial charge in [-0.2, -0.15) is 6.08 Å². The first-order valence-corrected chi connectivity index (χ1v) is 6.15. The largest absolute Gasteiger partial charge is 0.405 e. The monoisotopic (exact) mass is 672 g/mol. The number of hydrogen-bond acceptors (Lipinski definition) is 2. The first-order valence-electron chi connectivity index (χ1n) is 6.15. The zero-order valence-corrected chi connectivity index (χ0v) is 20.3. The van der Waals surface area contributed by atoms with Crippen molar-refractivity contribution in [2.24, 2.45) is 5.92 Å². The van der Waals surface area contributed by atoms with Crippen molar-refractivity contribution in [3.63, 3.8) is 0 Å². The van der Waals surface area contributed by atoms with Crippen molar-refractivity contribution in [1.29, 1.82) is 0 Å². The van der Waals surface area contributed by atoms with E-state index in [4.69, 9.17) is 0 Å². The van der Waals surface area contributed by atoms with Crippen LogP contribution in [0.15, 0.2) is 23.9 Å². The van der Waals surface area contributed by atoms with E-state index in [0.29, 0.717) is 6.04 Å². The third-order valence-corrected chi connectivity index (χ3v) is 3.67. The molecule has 2 unspecified atom stereocenters. The quantitative estimate of drug-likeness (QED) is 0.333. The van der Waals surface area contributed by atoms with Crippen molar-refractivity contribution in [1.82, 2.24) is 4.90 Å². The molecule has 1 saturated heterocycles. The van der Waals surface area contributed by atoms with Crippen molar-refractivity contribution in [3.05, 3.63) is 30.3 Å². The molecule has 2 fully saturated rings. The average Bonchev–Trinajstić information content (AvgIpc) is 2.56. The summed E-state index contributed by atoms with van der Waals surface area (Å²) in [5, 5.41) is 0. The molecular weight excluding hydrogens is 651 g/mol. The summed E-state index contributed by atoms with van der Waals surface area (Å²) in [6.45, 7) is 1.58. The molecule has 0 aromatic rings.